The van der Waals surface area contributed by atoms with Gasteiger partial charge in [-0.15, -0.1) is 0 Å². The van der Waals surface area contributed by atoms with Crippen LogP contribution in [-0.2, 0) is 14.3 Å². The van der Waals surface area contributed by atoms with Crippen LogP contribution in [0.5, 0.6) is 0 Å². The molecule has 0 aromatic carbocycles. The number of alkyl carbamates (subject to hydrolysis) is 1. The maximum Gasteiger partial charge on any atom is 0.448 e. The highest BCUT2D eigenvalue weighted by Crippen LogP contribution is 2.29. The quantitative estimate of drug-likeness (QED) is 0.577. The van der Waals surface area contributed by atoms with Crippen molar-refractivity contribution < 1.29 is 37.3 Å². The number of hydrogen-bond donors (Lipinski definition) is 2. The van der Waals surface area contributed by atoms with E-state index in [0.717, 1.165) is 5.32 Å². The summed E-state index contributed by atoms with van der Waals surface area (Å²) < 4.78 is 45.8. The average molecular weight is 273 g/mol. The van der Waals surface area contributed by atoms with Gasteiger partial charge in [-0.3, -0.25) is 5.32 Å². The topological polar surface area (TPSA) is 84.9 Å². The van der Waals surface area contributed by atoms with Crippen LogP contribution in [0.2, 0.25) is 0 Å². The third kappa shape index (κ3) is 4.06. The monoisotopic (exact) mass is 273 g/mol. The standard InChI is InChI=1S/C9H14F3NO5/c1-7(2,3)18-6(15)13-8(16,5(14)17-4)9(10,11)12/h16H,1-4H3,(H,13,15)/t8-/m1/s1. The summed E-state index contributed by atoms with van der Waals surface area (Å²) in [6.07, 6.45) is -7.05. The number of amides is 1. The third-order valence-electron chi connectivity index (χ3n) is 1.57. The molecule has 0 fully saturated rings. The fraction of sp³-hybridized carbons (Fsp3) is 0.778. The lowest BCUT2D eigenvalue weighted by atomic mass is 10.2. The van der Waals surface area contributed by atoms with Gasteiger partial charge in [0.1, 0.15) is 5.60 Å². The van der Waals surface area contributed by atoms with Crippen molar-refractivity contribution in [3.05, 3.63) is 0 Å². The van der Waals surface area contributed by atoms with Crippen molar-refractivity contribution in [2.75, 3.05) is 7.11 Å². The van der Waals surface area contributed by atoms with Crippen molar-refractivity contribution in [3.8, 4) is 0 Å². The highest BCUT2D eigenvalue weighted by atomic mass is 19.4. The zero-order valence-corrected chi connectivity index (χ0v) is 10.2. The van der Waals surface area contributed by atoms with Crippen LogP contribution in [0.4, 0.5) is 18.0 Å². The second-order valence-corrected chi connectivity index (χ2v) is 4.33. The summed E-state index contributed by atoms with van der Waals surface area (Å²) in [6, 6.07) is 0. The van der Waals surface area contributed by atoms with Gasteiger partial charge in [0.2, 0.25) is 0 Å². The summed E-state index contributed by atoms with van der Waals surface area (Å²) in [4.78, 5) is 22.1. The van der Waals surface area contributed by atoms with E-state index in [1.165, 1.54) is 20.8 Å². The molecule has 0 bridgehead atoms. The van der Waals surface area contributed by atoms with Gasteiger partial charge in [0.05, 0.1) is 7.11 Å². The molecule has 106 valence electrons. The van der Waals surface area contributed by atoms with Gasteiger partial charge in [0.15, 0.2) is 0 Å². The molecule has 2 N–H and O–H groups in total. The number of aliphatic hydroxyl groups is 1. The first kappa shape index (κ1) is 16.5. The number of hydrogen-bond acceptors (Lipinski definition) is 5. The second kappa shape index (κ2) is 5.01. The summed E-state index contributed by atoms with van der Waals surface area (Å²) in [5.41, 5.74) is -5.24. The van der Waals surface area contributed by atoms with Crippen LogP contribution in [0.25, 0.3) is 0 Å². The van der Waals surface area contributed by atoms with E-state index in [4.69, 9.17) is 0 Å². The van der Waals surface area contributed by atoms with Crippen molar-refractivity contribution >= 4 is 12.1 Å². The molecule has 0 radical (unpaired) electrons. The van der Waals surface area contributed by atoms with Crippen molar-refractivity contribution in [1.29, 1.82) is 0 Å². The van der Waals surface area contributed by atoms with Gasteiger partial charge in [-0.1, -0.05) is 0 Å². The maximum absolute atomic E-state index is 12.5. The summed E-state index contributed by atoms with van der Waals surface area (Å²) in [5.74, 6) is -2.07. The Morgan fingerprint density at radius 1 is 1.17 bits per heavy atom. The Morgan fingerprint density at radius 2 is 1.61 bits per heavy atom. The lowest BCUT2D eigenvalue weighted by Crippen LogP contribution is -2.65. The molecule has 0 heterocycles. The number of carbonyl (C=O) groups excluding carboxylic acids is 2. The molecular weight excluding hydrogens is 259 g/mol. The third-order valence-corrected chi connectivity index (χ3v) is 1.57. The summed E-state index contributed by atoms with van der Waals surface area (Å²) in [5, 5.41) is 10.2. The van der Waals surface area contributed by atoms with E-state index in [2.05, 4.69) is 9.47 Å². The molecule has 0 aliphatic carbocycles. The molecule has 0 saturated heterocycles. The van der Waals surface area contributed by atoms with Gasteiger partial charge in [0, 0.05) is 0 Å². The fourth-order valence-corrected chi connectivity index (χ4v) is 0.837. The van der Waals surface area contributed by atoms with E-state index < -0.39 is 29.6 Å². The molecule has 0 spiro atoms. The molecule has 1 amide bonds. The summed E-state index contributed by atoms with van der Waals surface area (Å²) >= 11 is 0. The molecular formula is C9H14F3NO5. The average Bonchev–Trinajstić information content (AvgIpc) is 2.11. The van der Waals surface area contributed by atoms with Crippen molar-refractivity contribution in [3.63, 3.8) is 0 Å². The maximum atomic E-state index is 12.5. The number of ether oxygens (including phenoxy) is 2. The molecule has 0 aromatic heterocycles. The summed E-state index contributed by atoms with van der Waals surface area (Å²) in [6.45, 7) is 4.20. The molecule has 1 atom stereocenters. The Balaban J connectivity index is 5.06. The molecule has 18 heavy (non-hydrogen) atoms. The Morgan fingerprint density at radius 3 is 1.89 bits per heavy atom. The second-order valence-electron chi connectivity index (χ2n) is 4.33. The van der Waals surface area contributed by atoms with Crippen LogP contribution in [-0.4, -0.2) is 41.8 Å². The SMILES string of the molecule is COC(=O)[C@](O)(NC(=O)OC(C)(C)C)C(F)(F)F. The number of halogens is 3. The minimum atomic E-state index is -5.45. The Bertz CT molecular complexity index is 336. The Kier molecular flexibility index (Phi) is 4.59. The van der Waals surface area contributed by atoms with E-state index in [9.17, 15) is 27.9 Å². The van der Waals surface area contributed by atoms with Gasteiger partial charge in [0.25, 0.3) is 0 Å². The molecule has 0 aliphatic heterocycles. The first-order valence-electron chi connectivity index (χ1n) is 4.72. The van der Waals surface area contributed by atoms with Crippen LogP contribution in [0, 0.1) is 0 Å². The van der Waals surface area contributed by atoms with E-state index in [1.54, 1.807) is 0 Å². The zero-order valence-electron chi connectivity index (χ0n) is 10.2. The van der Waals surface area contributed by atoms with E-state index in [-0.39, 0.29) is 0 Å². The van der Waals surface area contributed by atoms with E-state index >= 15 is 0 Å². The lowest BCUT2D eigenvalue weighted by Gasteiger charge is -2.29. The van der Waals surface area contributed by atoms with Crippen LogP contribution >= 0.6 is 0 Å². The molecule has 6 nitrogen and oxygen atoms in total. The Labute approximate surface area is 101 Å². The van der Waals surface area contributed by atoms with Gasteiger partial charge in [-0.05, 0) is 20.8 Å². The minimum absolute atomic E-state index is 0.635. The van der Waals surface area contributed by atoms with E-state index in [0.29, 0.717) is 7.11 Å². The molecule has 0 aliphatic rings. The van der Waals surface area contributed by atoms with Gasteiger partial charge >= 0.3 is 24.0 Å². The molecule has 0 unspecified atom stereocenters. The van der Waals surface area contributed by atoms with Crippen LogP contribution in [0.15, 0.2) is 0 Å². The van der Waals surface area contributed by atoms with Crippen LogP contribution < -0.4 is 5.32 Å². The smallest absolute Gasteiger partial charge is 0.448 e. The fourth-order valence-electron chi connectivity index (χ4n) is 0.837. The van der Waals surface area contributed by atoms with Crippen LogP contribution in [0.3, 0.4) is 0 Å². The number of esters is 1. The largest absolute Gasteiger partial charge is 0.465 e. The normalized spacial score (nSPS) is 15.6. The molecule has 9 heteroatoms. The highest BCUT2D eigenvalue weighted by Gasteiger charge is 2.62. The van der Waals surface area contributed by atoms with Gasteiger partial charge in [-0.2, -0.15) is 13.2 Å². The Hall–Kier alpha value is -1.51. The zero-order chi connectivity index (χ0) is 14.8. The van der Waals surface area contributed by atoms with Crippen molar-refractivity contribution in [2.45, 2.75) is 38.3 Å². The molecule has 0 saturated carbocycles. The number of nitrogens with one attached hydrogen (secondary N) is 1. The predicted molar refractivity (Wildman–Crippen MR) is 52.4 cm³/mol. The predicted octanol–water partition coefficient (Wildman–Crippen LogP) is 0.935. The number of carbonyl (C=O) groups is 2. The first-order valence-corrected chi connectivity index (χ1v) is 4.72. The highest BCUT2D eigenvalue weighted by molar-refractivity contribution is 5.84. The number of methoxy groups -OCH3 is 1. The summed E-state index contributed by atoms with van der Waals surface area (Å²) in [7, 11) is 0.635. The number of rotatable bonds is 2. The molecule has 0 rings (SSSR count). The van der Waals surface area contributed by atoms with Crippen molar-refractivity contribution in [1.82, 2.24) is 5.32 Å². The first-order chi connectivity index (χ1) is 7.83. The van der Waals surface area contributed by atoms with Crippen molar-refractivity contribution in [2.24, 2.45) is 0 Å². The van der Waals surface area contributed by atoms with Crippen LogP contribution in [0.1, 0.15) is 20.8 Å². The number of alkyl halides is 3. The van der Waals surface area contributed by atoms with E-state index in [1.807, 2.05) is 0 Å². The minimum Gasteiger partial charge on any atom is -0.465 e. The van der Waals surface area contributed by atoms with Gasteiger partial charge in [-0.25, -0.2) is 9.59 Å². The lowest BCUT2D eigenvalue weighted by molar-refractivity contribution is -0.269. The molecule has 0 aromatic rings. The van der Waals surface area contributed by atoms with Gasteiger partial charge < -0.3 is 14.6 Å².